The van der Waals surface area contributed by atoms with Crippen LogP contribution < -0.4 is 0 Å². The molecule has 2 atom stereocenters. The van der Waals surface area contributed by atoms with Crippen molar-refractivity contribution in [1.29, 1.82) is 0 Å². The van der Waals surface area contributed by atoms with Gasteiger partial charge in [-0.3, -0.25) is 9.59 Å². The molecule has 128 valence electrons. The average molecular weight is 336 g/mol. The van der Waals surface area contributed by atoms with Crippen molar-refractivity contribution >= 4 is 17.8 Å². The highest BCUT2D eigenvalue weighted by molar-refractivity contribution is 6.07. The van der Waals surface area contributed by atoms with Crippen molar-refractivity contribution in [3.05, 3.63) is 77.8 Å². The predicted molar refractivity (Wildman–Crippen MR) is 94.8 cm³/mol. The molecule has 0 fully saturated rings. The number of hydrogen-bond donors (Lipinski definition) is 0. The molecule has 2 aromatic rings. The van der Waals surface area contributed by atoms with Crippen LogP contribution in [-0.2, 0) is 14.3 Å². The second-order valence-corrected chi connectivity index (χ2v) is 5.92. The van der Waals surface area contributed by atoms with Gasteiger partial charge < -0.3 is 9.15 Å². The lowest BCUT2D eigenvalue weighted by molar-refractivity contribution is -0.151. The van der Waals surface area contributed by atoms with Gasteiger partial charge in [0.1, 0.15) is 11.7 Å². The molecule has 1 heterocycles. The van der Waals surface area contributed by atoms with E-state index in [0.717, 1.165) is 16.9 Å². The number of ether oxygens (including phenoxy) is 1. The molecule has 3 rings (SSSR count). The molecule has 1 aromatic heterocycles. The largest absolute Gasteiger partial charge is 0.465 e. The summed E-state index contributed by atoms with van der Waals surface area (Å²) in [6.45, 7) is 2.01. The molecule has 1 aromatic carbocycles. The van der Waals surface area contributed by atoms with Crippen LogP contribution in [0.15, 0.2) is 70.9 Å². The van der Waals surface area contributed by atoms with E-state index in [2.05, 4.69) is 0 Å². The first-order valence-electron chi connectivity index (χ1n) is 8.36. The minimum Gasteiger partial charge on any atom is -0.465 e. The van der Waals surface area contributed by atoms with Crippen LogP contribution in [0.1, 0.15) is 30.6 Å². The van der Waals surface area contributed by atoms with Gasteiger partial charge in [-0.15, -0.1) is 0 Å². The molecule has 0 spiro atoms. The summed E-state index contributed by atoms with van der Waals surface area (Å²) >= 11 is 0. The topological polar surface area (TPSA) is 56.5 Å². The Balaban J connectivity index is 1.90. The Hall–Kier alpha value is -2.88. The highest BCUT2D eigenvalue weighted by Crippen LogP contribution is 2.37. The molecule has 0 bridgehead atoms. The normalized spacial score (nSPS) is 20.5. The van der Waals surface area contributed by atoms with Crippen LogP contribution in [0.5, 0.6) is 0 Å². The maximum absolute atomic E-state index is 12.6. The SMILES string of the molecule is CCOC(=O)[C@@H]1C(=O)C=C(/C=C/c2ccco2)C[C@@H]1c1ccccc1. The monoisotopic (exact) mass is 336 g/mol. The van der Waals surface area contributed by atoms with E-state index in [1.165, 1.54) is 0 Å². The van der Waals surface area contributed by atoms with E-state index in [-0.39, 0.29) is 18.3 Å². The highest BCUT2D eigenvalue weighted by Gasteiger charge is 2.38. The number of carbonyl (C=O) groups excluding carboxylic acids is 2. The molecule has 0 aliphatic heterocycles. The number of carbonyl (C=O) groups is 2. The molecule has 1 aliphatic carbocycles. The summed E-state index contributed by atoms with van der Waals surface area (Å²) in [7, 11) is 0. The van der Waals surface area contributed by atoms with Gasteiger partial charge in [-0.1, -0.05) is 36.4 Å². The smallest absolute Gasteiger partial charge is 0.317 e. The first kappa shape index (κ1) is 17.0. The lowest BCUT2D eigenvalue weighted by Gasteiger charge is -2.28. The van der Waals surface area contributed by atoms with E-state index in [1.807, 2.05) is 54.6 Å². The molecule has 4 nitrogen and oxygen atoms in total. The van der Waals surface area contributed by atoms with Crippen molar-refractivity contribution in [2.24, 2.45) is 5.92 Å². The fourth-order valence-electron chi connectivity index (χ4n) is 3.12. The van der Waals surface area contributed by atoms with Crippen LogP contribution in [-0.4, -0.2) is 18.4 Å². The number of hydrogen-bond acceptors (Lipinski definition) is 4. The first-order chi connectivity index (χ1) is 12.2. The second-order valence-electron chi connectivity index (χ2n) is 5.92. The van der Waals surface area contributed by atoms with Gasteiger partial charge in [0.15, 0.2) is 5.78 Å². The number of allylic oxidation sites excluding steroid dienone is 3. The fraction of sp³-hybridized carbons (Fsp3) is 0.238. The van der Waals surface area contributed by atoms with Gasteiger partial charge in [0.05, 0.1) is 12.9 Å². The predicted octanol–water partition coefficient (Wildman–Crippen LogP) is 4.16. The van der Waals surface area contributed by atoms with Gasteiger partial charge in [-0.25, -0.2) is 0 Å². The molecule has 4 heteroatoms. The van der Waals surface area contributed by atoms with Gasteiger partial charge in [0.25, 0.3) is 0 Å². The number of benzene rings is 1. The Kier molecular flexibility index (Phi) is 5.29. The molecule has 0 N–H and O–H groups in total. The zero-order valence-corrected chi connectivity index (χ0v) is 14.1. The number of furan rings is 1. The van der Waals surface area contributed by atoms with Crippen LogP contribution in [0.4, 0.5) is 0 Å². The fourth-order valence-corrected chi connectivity index (χ4v) is 3.12. The van der Waals surface area contributed by atoms with Gasteiger partial charge in [-0.2, -0.15) is 0 Å². The molecule has 0 radical (unpaired) electrons. The van der Waals surface area contributed by atoms with E-state index < -0.39 is 11.9 Å². The summed E-state index contributed by atoms with van der Waals surface area (Å²) in [5, 5.41) is 0. The van der Waals surface area contributed by atoms with Crippen molar-refractivity contribution in [2.45, 2.75) is 19.3 Å². The number of esters is 1. The summed E-state index contributed by atoms with van der Waals surface area (Å²) in [6.07, 6.45) is 7.43. The molecule has 0 amide bonds. The maximum atomic E-state index is 12.6. The quantitative estimate of drug-likeness (QED) is 0.608. The Morgan fingerprint density at radius 1 is 1.20 bits per heavy atom. The summed E-state index contributed by atoms with van der Waals surface area (Å²) < 4.78 is 10.4. The van der Waals surface area contributed by atoms with E-state index >= 15 is 0 Å². The van der Waals surface area contributed by atoms with E-state index in [0.29, 0.717) is 6.42 Å². The summed E-state index contributed by atoms with van der Waals surface area (Å²) in [6, 6.07) is 13.3. The second kappa shape index (κ2) is 7.79. The van der Waals surface area contributed by atoms with E-state index in [1.54, 1.807) is 19.3 Å². The van der Waals surface area contributed by atoms with Crippen LogP contribution in [0, 0.1) is 5.92 Å². The minimum atomic E-state index is -0.789. The number of rotatable bonds is 5. The molecule has 0 saturated carbocycles. The molecular weight excluding hydrogens is 316 g/mol. The maximum Gasteiger partial charge on any atom is 0.317 e. The van der Waals surface area contributed by atoms with Gasteiger partial charge in [-0.05, 0) is 48.8 Å². The van der Waals surface area contributed by atoms with Crippen LogP contribution in [0.2, 0.25) is 0 Å². The third-order valence-corrected chi connectivity index (χ3v) is 4.27. The van der Waals surface area contributed by atoms with Crippen LogP contribution in [0.25, 0.3) is 6.08 Å². The lowest BCUT2D eigenvalue weighted by Crippen LogP contribution is -2.34. The highest BCUT2D eigenvalue weighted by atomic mass is 16.5. The third-order valence-electron chi connectivity index (χ3n) is 4.27. The third kappa shape index (κ3) is 3.97. The molecule has 0 saturated heterocycles. The van der Waals surface area contributed by atoms with Crippen LogP contribution >= 0.6 is 0 Å². The van der Waals surface area contributed by atoms with Crippen molar-refractivity contribution in [2.75, 3.05) is 6.61 Å². The van der Waals surface area contributed by atoms with Crippen LogP contribution in [0.3, 0.4) is 0 Å². The van der Waals surface area contributed by atoms with Crippen molar-refractivity contribution in [3.8, 4) is 0 Å². The number of ketones is 1. The van der Waals surface area contributed by atoms with Crippen molar-refractivity contribution in [1.82, 2.24) is 0 Å². The standard InChI is InChI=1S/C21H20O4/c1-2-24-21(23)20-18(16-7-4-3-5-8-16)13-15(14-19(20)22)10-11-17-9-6-12-25-17/h3-12,14,18,20H,2,13H2,1H3/b11-10+/t18-,20+/m1/s1. The Morgan fingerprint density at radius 2 is 2.00 bits per heavy atom. The Bertz CT molecular complexity index is 785. The first-order valence-corrected chi connectivity index (χ1v) is 8.36. The Morgan fingerprint density at radius 3 is 2.68 bits per heavy atom. The van der Waals surface area contributed by atoms with E-state index in [9.17, 15) is 9.59 Å². The zero-order valence-electron chi connectivity index (χ0n) is 14.1. The molecule has 1 aliphatic rings. The van der Waals surface area contributed by atoms with Gasteiger partial charge >= 0.3 is 5.97 Å². The Labute approximate surface area is 146 Å². The lowest BCUT2D eigenvalue weighted by atomic mass is 9.75. The zero-order chi connectivity index (χ0) is 17.6. The van der Waals surface area contributed by atoms with Crippen molar-refractivity contribution in [3.63, 3.8) is 0 Å². The average Bonchev–Trinajstić information content (AvgIpc) is 3.14. The summed E-state index contributed by atoms with van der Waals surface area (Å²) in [5.74, 6) is -0.960. The summed E-state index contributed by atoms with van der Waals surface area (Å²) in [4.78, 5) is 25.0. The molecular formula is C21H20O4. The van der Waals surface area contributed by atoms with Crippen molar-refractivity contribution < 1.29 is 18.7 Å². The molecule has 25 heavy (non-hydrogen) atoms. The molecule has 0 unspecified atom stereocenters. The summed E-state index contributed by atoms with van der Waals surface area (Å²) in [5.41, 5.74) is 1.83. The van der Waals surface area contributed by atoms with E-state index in [4.69, 9.17) is 9.15 Å². The van der Waals surface area contributed by atoms with Gasteiger partial charge in [0.2, 0.25) is 0 Å². The minimum absolute atomic E-state index is 0.211. The van der Waals surface area contributed by atoms with Gasteiger partial charge in [0, 0.05) is 5.92 Å².